The van der Waals surface area contributed by atoms with Crippen LogP contribution in [0.5, 0.6) is 5.75 Å². The number of sulfonamides is 1. The first-order valence-corrected chi connectivity index (χ1v) is 12.8. The van der Waals surface area contributed by atoms with E-state index in [2.05, 4.69) is 5.32 Å². The molecule has 2 amide bonds. The number of carbonyl (C=O) groups excluding carboxylic acids is 2. The van der Waals surface area contributed by atoms with Crippen LogP contribution in [0, 0.1) is 6.92 Å². The maximum Gasteiger partial charge on any atom is 0.243 e. The third-order valence-corrected chi connectivity index (χ3v) is 7.33. The van der Waals surface area contributed by atoms with Gasteiger partial charge in [0.1, 0.15) is 11.8 Å². The van der Waals surface area contributed by atoms with Gasteiger partial charge >= 0.3 is 0 Å². The maximum absolute atomic E-state index is 13.4. The van der Waals surface area contributed by atoms with Crippen LogP contribution >= 0.6 is 0 Å². The normalized spacial score (nSPS) is 12.3. The molecule has 0 saturated heterocycles. The largest absolute Gasteiger partial charge is 0.497 e. The number of methoxy groups -OCH3 is 1. The van der Waals surface area contributed by atoms with Crippen molar-refractivity contribution < 1.29 is 22.7 Å². The number of hydrogen-bond donors (Lipinski definition) is 1. The van der Waals surface area contributed by atoms with Gasteiger partial charge in [0, 0.05) is 20.1 Å². The van der Waals surface area contributed by atoms with Crippen molar-refractivity contribution in [3.63, 3.8) is 0 Å². The van der Waals surface area contributed by atoms with Gasteiger partial charge in [-0.15, -0.1) is 0 Å². The minimum atomic E-state index is -3.87. The summed E-state index contributed by atoms with van der Waals surface area (Å²) in [4.78, 5) is 27.9. The van der Waals surface area contributed by atoms with E-state index in [0.29, 0.717) is 18.7 Å². The smallest absolute Gasteiger partial charge is 0.243 e. The summed E-state index contributed by atoms with van der Waals surface area (Å²) in [5, 5.41) is 2.85. The Kier molecular flexibility index (Phi) is 10.1. The van der Waals surface area contributed by atoms with E-state index in [1.54, 1.807) is 31.4 Å². The second-order valence-electron chi connectivity index (χ2n) is 8.16. The lowest BCUT2D eigenvalue weighted by molar-refractivity contribution is -0.141. The zero-order valence-corrected chi connectivity index (χ0v) is 21.4. The number of nitrogens with one attached hydrogen (secondary N) is 1. The molecule has 1 atom stereocenters. The van der Waals surface area contributed by atoms with Gasteiger partial charge in [-0.05, 0) is 49.6 Å². The van der Waals surface area contributed by atoms with Crippen LogP contribution in [0.3, 0.4) is 0 Å². The first-order valence-electron chi connectivity index (χ1n) is 11.4. The molecule has 0 heterocycles. The summed E-state index contributed by atoms with van der Waals surface area (Å²) in [6, 6.07) is 13.0. The molecule has 186 valence electrons. The Bertz CT molecular complexity index is 1070. The minimum absolute atomic E-state index is 0.112. The summed E-state index contributed by atoms with van der Waals surface area (Å²) in [5.74, 6) is -0.0865. The fourth-order valence-electron chi connectivity index (χ4n) is 3.51. The van der Waals surface area contributed by atoms with Crippen LogP contribution < -0.4 is 10.1 Å². The topological polar surface area (TPSA) is 96.0 Å². The number of amides is 2. The van der Waals surface area contributed by atoms with Crippen LogP contribution in [0.1, 0.15) is 37.8 Å². The van der Waals surface area contributed by atoms with Gasteiger partial charge in [0.15, 0.2) is 0 Å². The van der Waals surface area contributed by atoms with Gasteiger partial charge in [0.2, 0.25) is 21.8 Å². The SMILES string of the molecule is CCCNC(=O)C(CC)N(Cc1cccc(OC)c1)C(=O)CN(C)S(=O)(=O)c1ccc(C)cc1. The fourth-order valence-corrected chi connectivity index (χ4v) is 4.63. The Morgan fingerprint density at radius 1 is 1.09 bits per heavy atom. The quantitative estimate of drug-likeness (QED) is 0.495. The average molecular weight is 490 g/mol. The van der Waals surface area contributed by atoms with Gasteiger partial charge < -0.3 is 15.0 Å². The Balaban J connectivity index is 2.32. The molecule has 0 aliphatic rings. The number of hydrogen-bond acceptors (Lipinski definition) is 5. The number of carbonyl (C=O) groups is 2. The van der Waals surface area contributed by atoms with E-state index in [-0.39, 0.29) is 17.3 Å². The Hall–Kier alpha value is -2.91. The Labute approximate surface area is 202 Å². The van der Waals surface area contributed by atoms with Crippen molar-refractivity contribution in [3.8, 4) is 5.75 Å². The molecule has 2 rings (SSSR count). The molecular formula is C25H35N3O5S. The molecule has 0 fully saturated rings. The van der Waals surface area contributed by atoms with Crippen molar-refractivity contribution in [1.82, 2.24) is 14.5 Å². The third-order valence-electron chi connectivity index (χ3n) is 5.51. The molecule has 1 unspecified atom stereocenters. The standard InChI is InChI=1S/C25H35N3O5S/c1-6-15-26-25(30)23(7-2)28(17-20-9-8-10-21(16-20)33-5)24(29)18-27(4)34(31,32)22-13-11-19(3)12-14-22/h8-14,16,23H,6-7,15,17-18H2,1-5H3,(H,26,30). The van der Waals surface area contributed by atoms with Crippen LogP contribution in [-0.4, -0.2) is 62.7 Å². The highest BCUT2D eigenvalue weighted by Gasteiger charge is 2.31. The molecule has 0 aromatic heterocycles. The van der Waals surface area contributed by atoms with Crippen molar-refractivity contribution in [2.45, 2.75) is 51.1 Å². The highest BCUT2D eigenvalue weighted by Crippen LogP contribution is 2.19. The third kappa shape index (κ3) is 7.04. The number of likely N-dealkylation sites (N-methyl/N-ethyl adjacent to an activating group) is 1. The predicted octanol–water partition coefficient (Wildman–Crippen LogP) is 2.96. The Morgan fingerprint density at radius 3 is 2.35 bits per heavy atom. The molecule has 2 aromatic rings. The summed E-state index contributed by atoms with van der Waals surface area (Å²) in [6.07, 6.45) is 1.16. The number of ether oxygens (including phenoxy) is 1. The minimum Gasteiger partial charge on any atom is -0.497 e. The monoisotopic (exact) mass is 489 g/mol. The van der Waals surface area contributed by atoms with Gasteiger partial charge in [-0.1, -0.05) is 43.7 Å². The second kappa shape index (κ2) is 12.5. The number of aryl methyl sites for hydroxylation is 1. The van der Waals surface area contributed by atoms with Gasteiger partial charge in [-0.3, -0.25) is 9.59 Å². The van der Waals surface area contributed by atoms with Crippen LogP contribution in [0.2, 0.25) is 0 Å². The summed E-state index contributed by atoms with van der Waals surface area (Å²) < 4.78 is 32.3. The van der Waals surface area contributed by atoms with E-state index >= 15 is 0 Å². The van der Waals surface area contributed by atoms with Crippen molar-refractivity contribution in [2.24, 2.45) is 0 Å². The van der Waals surface area contributed by atoms with Gasteiger partial charge in [0.25, 0.3) is 0 Å². The maximum atomic E-state index is 13.4. The van der Waals surface area contributed by atoms with Crippen molar-refractivity contribution in [1.29, 1.82) is 0 Å². The molecular weight excluding hydrogens is 454 g/mol. The lowest BCUT2D eigenvalue weighted by Crippen LogP contribution is -2.51. The van der Waals surface area contributed by atoms with Crippen LogP contribution in [0.15, 0.2) is 53.4 Å². The molecule has 34 heavy (non-hydrogen) atoms. The fraction of sp³-hybridized carbons (Fsp3) is 0.440. The zero-order chi connectivity index (χ0) is 25.3. The molecule has 8 nitrogen and oxygen atoms in total. The number of benzene rings is 2. The molecule has 0 aliphatic heterocycles. The van der Waals surface area contributed by atoms with E-state index in [1.165, 1.54) is 24.1 Å². The lowest BCUT2D eigenvalue weighted by Gasteiger charge is -2.32. The highest BCUT2D eigenvalue weighted by atomic mass is 32.2. The predicted molar refractivity (Wildman–Crippen MR) is 132 cm³/mol. The lowest BCUT2D eigenvalue weighted by atomic mass is 10.1. The van der Waals surface area contributed by atoms with Crippen LogP contribution in [0.4, 0.5) is 0 Å². The second-order valence-corrected chi connectivity index (χ2v) is 10.2. The van der Waals surface area contributed by atoms with Crippen molar-refractivity contribution >= 4 is 21.8 Å². The molecule has 9 heteroatoms. The first-order chi connectivity index (χ1) is 16.1. The highest BCUT2D eigenvalue weighted by molar-refractivity contribution is 7.89. The summed E-state index contributed by atoms with van der Waals surface area (Å²) in [5.41, 5.74) is 1.71. The molecule has 0 aliphatic carbocycles. The molecule has 0 bridgehead atoms. The Morgan fingerprint density at radius 2 is 1.76 bits per heavy atom. The summed E-state index contributed by atoms with van der Waals surface area (Å²) >= 11 is 0. The number of nitrogens with zero attached hydrogens (tertiary/aromatic N) is 2. The number of rotatable bonds is 12. The van der Waals surface area contributed by atoms with Gasteiger partial charge in [-0.25, -0.2) is 8.42 Å². The average Bonchev–Trinajstić information content (AvgIpc) is 2.82. The first kappa shape index (κ1) is 27.3. The van der Waals surface area contributed by atoms with Crippen molar-refractivity contribution in [2.75, 3.05) is 27.2 Å². The zero-order valence-electron chi connectivity index (χ0n) is 20.6. The van der Waals surface area contributed by atoms with E-state index in [1.807, 2.05) is 32.9 Å². The van der Waals surface area contributed by atoms with E-state index in [4.69, 9.17) is 4.74 Å². The molecule has 0 radical (unpaired) electrons. The van der Waals surface area contributed by atoms with Crippen LogP contribution in [0.25, 0.3) is 0 Å². The van der Waals surface area contributed by atoms with Crippen LogP contribution in [-0.2, 0) is 26.2 Å². The molecule has 0 saturated carbocycles. The summed E-state index contributed by atoms with van der Waals surface area (Å²) in [6.45, 7) is 5.90. The molecule has 1 N–H and O–H groups in total. The molecule has 2 aromatic carbocycles. The summed E-state index contributed by atoms with van der Waals surface area (Å²) in [7, 11) is -0.944. The van der Waals surface area contributed by atoms with Crippen molar-refractivity contribution in [3.05, 3.63) is 59.7 Å². The van der Waals surface area contributed by atoms with E-state index in [9.17, 15) is 18.0 Å². The van der Waals surface area contributed by atoms with Gasteiger partial charge in [-0.2, -0.15) is 4.31 Å². The van der Waals surface area contributed by atoms with E-state index < -0.39 is 28.5 Å². The molecule has 0 spiro atoms. The van der Waals surface area contributed by atoms with E-state index in [0.717, 1.165) is 21.9 Å². The van der Waals surface area contributed by atoms with Gasteiger partial charge in [0.05, 0.1) is 18.6 Å².